The van der Waals surface area contributed by atoms with Gasteiger partial charge in [0, 0.05) is 24.9 Å². The molecule has 2 saturated heterocycles. The van der Waals surface area contributed by atoms with Crippen molar-refractivity contribution in [2.24, 2.45) is 11.7 Å². The summed E-state index contributed by atoms with van der Waals surface area (Å²) in [7, 11) is 1.62. The van der Waals surface area contributed by atoms with Crippen molar-refractivity contribution in [1.29, 1.82) is 0 Å². The second-order valence-corrected chi connectivity index (χ2v) is 12.8. The van der Waals surface area contributed by atoms with Gasteiger partial charge in [-0.2, -0.15) is 0 Å². The molecule has 5 unspecified atom stereocenters. The number of hydrogen-bond acceptors (Lipinski definition) is 7. The van der Waals surface area contributed by atoms with Crippen LogP contribution in [0.5, 0.6) is 5.75 Å². The second kappa shape index (κ2) is 15.2. The highest BCUT2D eigenvalue weighted by atomic mass is 16.6. The zero-order valence-electron chi connectivity index (χ0n) is 26.7. The Bertz CT molecular complexity index is 1310. The van der Waals surface area contributed by atoms with Crippen LogP contribution in [0.1, 0.15) is 57.6 Å². The molecule has 2 aromatic carbocycles. The fourth-order valence-corrected chi connectivity index (χ4v) is 6.13. The van der Waals surface area contributed by atoms with Gasteiger partial charge < -0.3 is 36.1 Å². The van der Waals surface area contributed by atoms with Crippen molar-refractivity contribution in [2.75, 3.05) is 20.2 Å². The Balaban J connectivity index is 1.46. The van der Waals surface area contributed by atoms with E-state index in [4.69, 9.17) is 15.2 Å². The van der Waals surface area contributed by atoms with Gasteiger partial charge in [-0.1, -0.05) is 42.5 Å². The third kappa shape index (κ3) is 9.20. The quantitative estimate of drug-likeness (QED) is 0.301. The van der Waals surface area contributed by atoms with Gasteiger partial charge in [0.15, 0.2) is 0 Å². The van der Waals surface area contributed by atoms with Crippen molar-refractivity contribution in [3.63, 3.8) is 0 Å². The number of ether oxygens (including phenoxy) is 2. The first-order valence-electron chi connectivity index (χ1n) is 15.8. The Kier molecular flexibility index (Phi) is 11.4. The lowest BCUT2D eigenvalue weighted by Crippen LogP contribution is -2.60. The van der Waals surface area contributed by atoms with Crippen molar-refractivity contribution < 1.29 is 28.7 Å². The van der Waals surface area contributed by atoms with Gasteiger partial charge in [-0.25, -0.2) is 4.79 Å². The van der Waals surface area contributed by atoms with E-state index in [0.29, 0.717) is 38.6 Å². The van der Waals surface area contributed by atoms with Gasteiger partial charge in [-0.15, -0.1) is 0 Å². The summed E-state index contributed by atoms with van der Waals surface area (Å²) in [6.07, 6.45) is 2.69. The maximum absolute atomic E-state index is 14.1. The summed E-state index contributed by atoms with van der Waals surface area (Å²) in [5.74, 6) is -0.581. The van der Waals surface area contributed by atoms with E-state index in [0.717, 1.165) is 16.9 Å². The normalized spacial score (nSPS) is 22.1. The summed E-state index contributed by atoms with van der Waals surface area (Å²) in [4.78, 5) is 55.7. The van der Waals surface area contributed by atoms with Gasteiger partial charge in [0.1, 0.15) is 29.5 Å². The molecule has 11 heteroatoms. The van der Waals surface area contributed by atoms with Crippen LogP contribution in [0.4, 0.5) is 4.79 Å². The lowest BCUT2D eigenvalue weighted by molar-refractivity contribution is -0.143. The minimum Gasteiger partial charge on any atom is -0.497 e. The van der Waals surface area contributed by atoms with Crippen LogP contribution in [0.25, 0.3) is 0 Å². The van der Waals surface area contributed by atoms with E-state index in [1.807, 2.05) is 54.6 Å². The molecule has 0 saturated carbocycles. The molecule has 2 aliphatic rings. The van der Waals surface area contributed by atoms with Crippen LogP contribution in [0.2, 0.25) is 0 Å². The summed E-state index contributed by atoms with van der Waals surface area (Å²) < 4.78 is 10.6. The lowest BCUT2D eigenvalue weighted by Gasteiger charge is -2.32. The zero-order chi connectivity index (χ0) is 32.6. The van der Waals surface area contributed by atoms with Crippen molar-refractivity contribution in [3.05, 3.63) is 65.7 Å². The minimum atomic E-state index is -0.997. The predicted octanol–water partition coefficient (Wildman–Crippen LogP) is 2.70. The fourth-order valence-electron chi connectivity index (χ4n) is 6.13. The summed E-state index contributed by atoms with van der Waals surface area (Å²) >= 11 is 0. The molecule has 2 aromatic rings. The van der Waals surface area contributed by atoms with E-state index >= 15 is 0 Å². The molecule has 0 radical (unpaired) electrons. The highest BCUT2D eigenvalue weighted by molar-refractivity contribution is 5.95. The van der Waals surface area contributed by atoms with Gasteiger partial charge >= 0.3 is 6.09 Å². The number of nitrogens with two attached hydrogens (primary N) is 1. The van der Waals surface area contributed by atoms with Crippen LogP contribution in [0, 0.1) is 5.92 Å². The van der Waals surface area contributed by atoms with Crippen molar-refractivity contribution in [2.45, 2.75) is 89.1 Å². The van der Waals surface area contributed by atoms with Crippen LogP contribution >= 0.6 is 0 Å². The molecule has 2 heterocycles. The second-order valence-electron chi connectivity index (χ2n) is 12.8. The molecule has 4 rings (SSSR count). The van der Waals surface area contributed by atoms with Crippen LogP contribution < -0.4 is 26.4 Å². The SMILES string of the molecule is COc1ccc(CCNC(=O)C2CCC3CCC(CN)C(NC(=O)C(Cc4ccccc4)NC(=O)OC(C)(C)C)C(=O)N32)cc1. The van der Waals surface area contributed by atoms with Crippen LogP contribution in [0.15, 0.2) is 54.6 Å². The minimum absolute atomic E-state index is 0.106. The number of amides is 4. The summed E-state index contributed by atoms with van der Waals surface area (Å²) in [6.45, 7) is 5.85. The number of carbonyl (C=O) groups excluding carboxylic acids is 4. The Hall–Kier alpha value is -4.12. The number of methoxy groups -OCH3 is 1. The Labute approximate surface area is 265 Å². The van der Waals surface area contributed by atoms with E-state index in [2.05, 4.69) is 16.0 Å². The van der Waals surface area contributed by atoms with Crippen molar-refractivity contribution in [1.82, 2.24) is 20.9 Å². The smallest absolute Gasteiger partial charge is 0.408 e. The van der Waals surface area contributed by atoms with Gasteiger partial charge in [-0.3, -0.25) is 14.4 Å². The fraction of sp³-hybridized carbons (Fsp3) is 0.529. The van der Waals surface area contributed by atoms with Crippen LogP contribution in [0.3, 0.4) is 0 Å². The molecule has 0 aliphatic carbocycles. The lowest BCUT2D eigenvalue weighted by atomic mass is 9.93. The van der Waals surface area contributed by atoms with Crippen molar-refractivity contribution in [3.8, 4) is 5.75 Å². The topological polar surface area (TPSA) is 152 Å². The van der Waals surface area contributed by atoms with Gasteiger partial charge in [-0.05, 0) is 82.7 Å². The van der Waals surface area contributed by atoms with Crippen LogP contribution in [-0.2, 0) is 32.0 Å². The highest BCUT2D eigenvalue weighted by Gasteiger charge is 2.47. The number of alkyl carbamates (subject to hydrolysis) is 1. The van der Waals surface area contributed by atoms with Crippen LogP contribution in [-0.4, -0.2) is 78.7 Å². The first-order chi connectivity index (χ1) is 21.5. The van der Waals surface area contributed by atoms with E-state index in [1.54, 1.807) is 32.8 Å². The van der Waals surface area contributed by atoms with Gasteiger partial charge in [0.2, 0.25) is 17.7 Å². The summed E-state index contributed by atoms with van der Waals surface area (Å²) in [6, 6.07) is 14.3. The summed E-state index contributed by atoms with van der Waals surface area (Å²) in [5.41, 5.74) is 7.28. The number of carbonyl (C=O) groups is 4. The number of nitrogens with one attached hydrogen (secondary N) is 3. The Morgan fingerprint density at radius 1 is 0.978 bits per heavy atom. The maximum atomic E-state index is 14.1. The maximum Gasteiger partial charge on any atom is 0.408 e. The number of fused-ring (bicyclic) bond motifs is 1. The molecule has 0 spiro atoms. The largest absolute Gasteiger partial charge is 0.497 e. The first kappa shape index (κ1) is 33.8. The average Bonchev–Trinajstić information content (AvgIpc) is 3.38. The Morgan fingerprint density at radius 3 is 2.31 bits per heavy atom. The molecule has 11 nitrogen and oxygen atoms in total. The molecule has 2 fully saturated rings. The molecule has 0 aromatic heterocycles. The molecular formula is C34H47N5O6. The van der Waals surface area contributed by atoms with Crippen molar-refractivity contribution >= 4 is 23.8 Å². The zero-order valence-corrected chi connectivity index (χ0v) is 26.7. The molecule has 45 heavy (non-hydrogen) atoms. The molecule has 0 bridgehead atoms. The highest BCUT2D eigenvalue weighted by Crippen LogP contribution is 2.34. The third-order valence-corrected chi connectivity index (χ3v) is 8.43. The molecular weight excluding hydrogens is 574 g/mol. The van der Waals surface area contributed by atoms with E-state index < -0.39 is 35.7 Å². The van der Waals surface area contributed by atoms with E-state index in [1.165, 1.54) is 0 Å². The number of nitrogens with zero attached hydrogens (tertiary/aromatic N) is 1. The van der Waals surface area contributed by atoms with Gasteiger partial charge in [0.05, 0.1) is 7.11 Å². The summed E-state index contributed by atoms with van der Waals surface area (Å²) in [5, 5.41) is 8.62. The molecule has 4 amide bonds. The molecule has 2 aliphatic heterocycles. The average molecular weight is 622 g/mol. The molecule has 5 N–H and O–H groups in total. The first-order valence-corrected chi connectivity index (χ1v) is 15.8. The predicted molar refractivity (Wildman–Crippen MR) is 170 cm³/mol. The monoisotopic (exact) mass is 621 g/mol. The Morgan fingerprint density at radius 2 is 1.67 bits per heavy atom. The molecule has 244 valence electrons. The third-order valence-electron chi connectivity index (χ3n) is 8.43. The van der Waals surface area contributed by atoms with E-state index in [9.17, 15) is 19.2 Å². The number of hydrogen-bond donors (Lipinski definition) is 4. The van der Waals surface area contributed by atoms with Gasteiger partial charge in [0.25, 0.3) is 0 Å². The number of benzene rings is 2. The molecule has 5 atom stereocenters. The van der Waals surface area contributed by atoms with E-state index in [-0.39, 0.29) is 36.7 Å². The standard InChI is InChI=1S/C34H47N5O6/c1-34(2,3)45-33(43)37-27(20-23-8-6-5-7-9-23)30(40)38-29-24(21-35)12-13-25-14-17-28(39(25)32(29)42)31(41)36-19-18-22-10-15-26(44-4)16-11-22/h5-11,15-16,24-25,27-29H,12-14,17-21,35H2,1-4H3,(H,36,41)(H,37,43)(H,38,40). The number of rotatable bonds is 11.